The summed E-state index contributed by atoms with van der Waals surface area (Å²) in [5, 5.41) is 7.68. The molecule has 0 bridgehead atoms. The first-order valence-electron chi connectivity index (χ1n) is 10.5. The number of carbonyl (C=O) groups is 1. The lowest BCUT2D eigenvalue weighted by Gasteiger charge is -2.35. The quantitative estimate of drug-likeness (QED) is 0.305. The molecule has 4 rings (SSSR count). The Morgan fingerprint density at radius 1 is 1.06 bits per heavy atom. The van der Waals surface area contributed by atoms with Crippen LogP contribution in [0.5, 0.6) is 0 Å². The zero-order valence-corrected chi connectivity index (χ0v) is 20.7. The van der Waals surface area contributed by atoms with E-state index in [1.54, 1.807) is 22.8 Å². The second kappa shape index (κ2) is 11.1. The van der Waals surface area contributed by atoms with Crippen LogP contribution in [0, 0.1) is 0 Å². The molecule has 7 nitrogen and oxygen atoms in total. The molecule has 1 amide bonds. The number of rotatable bonds is 5. The van der Waals surface area contributed by atoms with Crippen LogP contribution in [-0.2, 0) is 11.8 Å². The normalized spacial score (nSPS) is 14.5. The van der Waals surface area contributed by atoms with E-state index in [0.717, 1.165) is 11.6 Å². The third kappa shape index (κ3) is 5.48. The Bertz CT molecular complexity index is 997. The van der Waals surface area contributed by atoms with Crippen LogP contribution >= 0.6 is 24.0 Å². The Hall–Kier alpha value is -2.88. The Balaban J connectivity index is 0.00000289. The van der Waals surface area contributed by atoms with Gasteiger partial charge in [0.15, 0.2) is 5.96 Å². The van der Waals surface area contributed by atoms with E-state index in [2.05, 4.69) is 63.9 Å². The lowest BCUT2D eigenvalue weighted by Crippen LogP contribution is -2.55. The zero-order chi connectivity index (χ0) is 21.6. The maximum atomic E-state index is 12.8. The van der Waals surface area contributed by atoms with E-state index in [9.17, 15) is 4.79 Å². The molecule has 0 saturated carbocycles. The van der Waals surface area contributed by atoms with Gasteiger partial charge in [-0.3, -0.25) is 14.5 Å². The first kappa shape index (κ1) is 23.8. The van der Waals surface area contributed by atoms with Gasteiger partial charge in [0.25, 0.3) is 0 Å². The largest absolute Gasteiger partial charge is 0.355 e. The highest BCUT2D eigenvalue weighted by molar-refractivity contribution is 14.0. The van der Waals surface area contributed by atoms with Gasteiger partial charge in [-0.25, -0.2) is 0 Å². The number of aromatic nitrogens is 2. The maximum absolute atomic E-state index is 12.8. The minimum atomic E-state index is 0. The molecule has 1 N–H and O–H groups in total. The van der Waals surface area contributed by atoms with E-state index in [1.807, 2.05) is 30.3 Å². The Labute approximate surface area is 206 Å². The zero-order valence-electron chi connectivity index (χ0n) is 18.4. The fraction of sp³-hybridized carbons (Fsp3) is 0.292. The van der Waals surface area contributed by atoms with Crippen molar-refractivity contribution < 1.29 is 4.79 Å². The van der Waals surface area contributed by atoms with Crippen LogP contribution in [0.2, 0.25) is 0 Å². The molecule has 0 atom stereocenters. The molecule has 168 valence electrons. The van der Waals surface area contributed by atoms with Crippen LogP contribution < -0.4 is 10.2 Å². The van der Waals surface area contributed by atoms with Crippen LogP contribution in [0.25, 0.3) is 0 Å². The molecular formula is C24H29IN6O. The van der Waals surface area contributed by atoms with Crippen molar-refractivity contribution in [3.8, 4) is 0 Å². The summed E-state index contributed by atoms with van der Waals surface area (Å²) < 4.78 is 1.71. The highest BCUT2D eigenvalue weighted by atomic mass is 127. The van der Waals surface area contributed by atoms with E-state index in [1.165, 1.54) is 11.1 Å². The monoisotopic (exact) mass is 544 g/mol. The maximum Gasteiger partial charge on any atom is 0.246 e. The molecule has 8 heteroatoms. The molecule has 1 saturated heterocycles. The number of halogens is 1. The molecule has 2 aromatic carbocycles. The van der Waals surface area contributed by atoms with Gasteiger partial charge in [-0.05, 0) is 11.1 Å². The minimum Gasteiger partial charge on any atom is -0.355 e. The van der Waals surface area contributed by atoms with Crippen molar-refractivity contribution in [2.45, 2.75) is 5.92 Å². The summed E-state index contributed by atoms with van der Waals surface area (Å²) in [5.74, 6) is 0.979. The van der Waals surface area contributed by atoms with Gasteiger partial charge in [0.1, 0.15) is 6.54 Å². The minimum absolute atomic E-state index is 0. The van der Waals surface area contributed by atoms with Gasteiger partial charge in [0.05, 0.1) is 11.9 Å². The van der Waals surface area contributed by atoms with E-state index < -0.39 is 0 Å². The van der Waals surface area contributed by atoms with Crippen LogP contribution in [0.3, 0.4) is 0 Å². The molecule has 1 aromatic heterocycles. The predicted molar refractivity (Wildman–Crippen MR) is 139 cm³/mol. The molecule has 1 fully saturated rings. The molecule has 0 unspecified atom stereocenters. The number of benzene rings is 2. The van der Waals surface area contributed by atoms with Crippen LogP contribution in [-0.4, -0.2) is 59.8 Å². The number of piperazine rings is 1. The van der Waals surface area contributed by atoms with Crippen molar-refractivity contribution >= 4 is 41.5 Å². The van der Waals surface area contributed by atoms with Crippen molar-refractivity contribution in [2.75, 3.05) is 38.1 Å². The van der Waals surface area contributed by atoms with Gasteiger partial charge in [0, 0.05) is 45.8 Å². The summed E-state index contributed by atoms with van der Waals surface area (Å²) in [4.78, 5) is 21.0. The molecule has 1 aliphatic rings. The molecule has 0 radical (unpaired) electrons. The molecule has 1 aliphatic heterocycles. The summed E-state index contributed by atoms with van der Waals surface area (Å²) in [7, 11) is 3.62. The number of hydrogen-bond acceptors (Lipinski definition) is 3. The molecular weight excluding hydrogens is 515 g/mol. The molecule has 3 aromatic rings. The summed E-state index contributed by atoms with van der Waals surface area (Å²) in [5.41, 5.74) is 3.33. The summed E-state index contributed by atoms with van der Waals surface area (Å²) in [6.45, 7) is 2.29. The topological polar surface area (TPSA) is 65.8 Å². The number of amides is 1. The molecule has 0 spiro atoms. The van der Waals surface area contributed by atoms with Gasteiger partial charge in [-0.1, -0.05) is 60.7 Å². The Morgan fingerprint density at radius 3 is 2.19 bits per heavy atom. The number of nitrogens with one attached hydrogen (secondary N) is 1. The van der Waals surface area contributed by atoms with Crippen LogP contribution in [0.1, 0.15) is 17.0 Å². The predicted octanol–water partition coefficient (Wildman–Crippen LogP) is 3.09. The van der Waals surface area contributed by atoms with Crippen LogP contribution in [0.15, 0.2) is 78.0 Å². The van der Waals surface area contributed by atoms with Gasteiger partial charge < -0.3 is 15.1 Å². The fourth-order valence-corrected chi connectivity index (χ4v) is 4.00. The fourth-order valence-electron chi connectivity index (χ4n) is 4.00. The summed E-state index contributed by atoms with van der Waals surface area (Å²) in [6, 6.07) is 20.9. The molecule has 32 heavy (non-hydrogen) atoms. The number of carbonyl (C=O) groups excluding carboxylic acids is 1. The second-order valence-electron chi connectivity index (χ2n) is 7.64. The first-order chi connectivity index (χ1) is 15.2. The van der Waals surface area contributed by atoms with E-state index in [-0.39, 0.29) is 42.3 Å². The average Bonchev–Trinajstić information content (AvgIpc) is 3.24. The summed E-state index contributed by atoms with van der Waals surface area (Å²) >= 11 is 0. The lowest BCUT2D eigenvalue weighted by molar-refractivity contribution is -0.120. The third-order valence-corrected chi connectivity index (χ3v) is 5.60. The highest BCUT2D eigenvalue weighted by Crippen LogP contribution is 2.24. The van der Waals surface area contributed by atoms with Gasteiger partial charge >= 0.3 is 0 Å². The molecule has 0 aliphatic carbocycles. The Kier molecular flexibility index (Phi) is 8.26. The van der Waals surface area contributed by atoms with E-state index in [0.29, 0.717) is 19.6 Å². The van der Waals surface area contributed by atoms with Crippen LogP contribution in [0.4, 0.5) is 5.69 Å². The van der Waals surface area contributed by atoms with E-state index in [4.69, 9.17) is 0 Å². The number of nitrogens with zero attached hydrogens (tertiary/aromatic N) is 5. The second-order valence-corrected chi connectivity index (χ2v) is 7.64. The lowest BCUT2D eigenvalue weighted by atomic mass is 9.91. The number of hydrogen-bond donors (Lipinski definition) is 1. The van der Waals surface area contributed by atoms with Crippen molar-refractivity contribution in [3.05, 3.63) is 84.2 Å². The van der Waals surface area contributed by atoms with Gasteiger partial charge in [0.2, 0.25) is 5.91 Å². The average molecular weight is 544 g/mol. The number of aryl methyl sites for hydroxylation is 1. The standard InChI is InChI=1S/C24H28N6O.HI/c1-25-24(29-13-14-30(23(31)18-29)21-15-27-28(2)17-21)26-16-22(19-9-5-3-6-10-19)20-11-7-4-8-12-20;/h3-12,15,17,22H,13-14,16,18H2,1-2H3,(H,25,26);1H. The van der Waals surface area contributed by atoms with Gasteiger partial charge in [-0.15, -0.1) is 24.0 Å². The van der Waals surface area contributed by atoms with Crippen molar-refractivity contribution in [1.82, 2.24) is 20.0 Å². The molecule has 2 heterocycles. The summed E-state index contributed by atoms with van der Waals surface area (Å²) in [6.07, 6.45) is 3.59. The SMILES string of the molecule is CN=C(NCC(c1ccccc1)c1ccccc1)N1CCN(c2cnn(C)c2)C(=O)C1.I. The number of guanidine groups is 1. The first-order valence-corrected chi connectivity index (χ1v) is 10.5. The van der Waals surface area contributed by atoms with Crippen molar-refractivity contribution in [1.29, 1.82) is 0 Å². The smallest absolute Gasteiger partial charge is 0.246 e. The Morgan fingerprint density at radius 2 is 1.69 bits per heavy atom. The number of anilines is 1. The highest BCUT2D eigenvalue weighted by Gasteiger charge is 2.28. The van der Waals surface area contributed by atoms with Crippen molar-refractivity contribution in [2.24, 2.45) is 12.0 Å². The van der Waals surface area contributed by atoms with E-state index >= 15 is 0 Å². The number of aliphatic imine (C=N–C) groups is 1. The third-order valence-electron chi connectivity index (χ3n) is 5.60. The van der Waals surface area contributed by atoms with Gasteiger partial charge in [-0.2, -0.15) is 5.10 Å². The van der Waals surface area contributed by atoms with Crippen molar-refractivity contribution in [3.63, 3.8) is 0 Å².